The number of nitrogens with zero attached hydrogens (tertiary/aromatic N) is 3. The lowest BCUT2D eigenvalue weighted by atomic mass is 10.1. The molecule has 3 fully saturated rings. The molecule has 0 saturated carbocycles. The SMILES string of the molecule is O=C1CNC(=O)N1CCN1CCC(CN2CCOCC2)C1. The summed E-state index contributed by atoms with van der Waals surface area (Å²) in [6.45, 7) is 8.51. The van der Waals surface area contributed by atoms with Gasteiger partial charge in [-0.15, -0.1) is 0 Å². The molecule has 1 N–H and O–H groups in total. The topological polar surface area (TPSA) is 65.1 Å². The van der Waals surface area contributed by atoms with E-state index >= 15 is 0 Å². The lowest BCUT2D eigenvalue weighted by Gasteiger charge is -2.29. The first-order valence-electron chi connectivity index (χ1n) is 7.83. The second kappa shape index (κ2) is 6.72. The molecule has 118 valence electrons. The van der Waals surface area contributed by atoms with Crippen LogP contribution in [0.3, 0.4) is 0 Å². The quantitative estimate of drug-likeness (QED) is 0.673. The maximum atomic E-state index is 11.5. The molecule has 3 heterocycles. The molecule has 0 aromatic rings. The molecule has 7 nitrogen and oxygen atoms in total. The van der Waals surface area contributed by atoms with Gasteiger partial charge in [-0.25, -0.2) is 4.79 Å². The Hall–Kier alpha value is -1.18. The van der Waals surface area contributed by atoms with Gasteiger partial charge in [-0.1, -0.05) is 0 Å². The van der Waals surface area contributed by atoms with Gasteiger partial charge in [-0.3, -0.25) is 14.6 Å². The van der Waals surface area contributed by atoms with E-state index in [1.807, 2.05) is 0 Å². The van der Waals surface area contributed by atoms with Crippen LogP contribution < -0.4 is 5.32 Å². The number of ether oxygens (including phenoxy) is 1. The molecular weight excluding hydrogens is 272 g/mol. The van der Waals surface area contributed by atoms with Gasteiger partial charge in [-0.05, 0) is 18.9 Å². The van der Waals surface area contributed by atoms with E-state index in [0.29, 0.717) is 12.5 Å². The summed E-state index contributed by atoms with van der Waals surface area (Å²) >= 11 is 0. The number of nitrogens with one attached hydrogen (secondary N) is 1. The fourth-order valence-corrected chi connectivity index (χ4v) is 3.34. The summed E-state index contributed by atoms with van der Waals surface area (Å²) in [5, 5.41) is 2.56. The molecule has 0 aromatic carbocycles. The van der Waals surface area contributed by atoms with Crippen molar-refractivity contribution in [2.75, 3.05) is 65.6 Å². The van der Waals surface area contributed by atoms with Crippen molar-refractivity contribution in [3.05, 3.63) is 0 Å². The van der Waals surface area contributed by atoms with Crippen LogP contribution in [0.1, 0.15) is 6.42 Å². The van der Waals surface area contributed by atoms with Crippen molar-refractivity contribution in [3.8, 4) is 0 Å². The van der Waals surface area contributed by atoms with Gasteiger partial charge in [0.05, 0.1) is 19.8 Å². The van der Waals surface area contributed by atoms with E-state index in [-0.39, 0.29) is 18.5 Å². The maximum absolute atomic E-state index is 11.5. The lowest BCUT2D eigenvalue weighted by molar-refractivity contribution is -0.125. The van der Waals surface area contributed by atoms with Gasteiger partial charge < -0.3 is 15.0 Å². The minimum atomic E-state index is -0.246. The molecule has 3 aliphatic heterocycles. The standard InChI is InChI=1S/C14H24N4O3/c19-13-9-15-14(20)18(13)4-3-16-2-1-12(10-16)11-17-5-7-21-8-6-17/h12H,1-11H2,(H,15,20). The van der Waals surface area contributed by atoms with Crippen LogP contribution in [0, 0.1) is 5.92 Å². The number of likely N-dealkylation sites (tertiary alicyclic amines) is 1. The highest BCUT2D eigenvalue weighted by molar-refractivity contribution is 6.01. The molecule has 3 aliphatic rings. The number of rotatable bonds is 5. The molecule has 0 aliphatic carbocycles. The zero-order valence-electron chi connectivity index (χ0n) is 12.4. The number of imide groups is 1. The molecular formula is C14H24N4O3. The smallest absolute Gasteiger partial charge is 0.324 e. The van der Waals surface area contributed by atoms with E-state index in [9.17, 15) is 9.59 Å². The third-order valence-corrected chi connectivity index (χ3v) is 4.57. The van der Waals surface area contributed by atoms with Gasteiger partial charge in [0.25, 0.3) is 0 Å². The Balaban J connectivity index is 1.38. The average Bonchev–Trinajstić information content (AvgIpc) is 3.06. The Bertz CT molecular complexity index is 382. The molecule has 0 bridgehead atoms. The minimum Gasteiger partial charge on any atom is -0.379 e. The van der Waals surface area contributed by atoms with Gasteiger partial charge >= 0.3 is 6.03 Å². The third-order valence-electron chi connectivity index (χ3n) is 4.57. The highest BCUT2D eigenvalue weighted by Gasteiger charge is 2.30. The van der Waals surface area contributed by atoms with E-state index in [1.165, 1.54) is 11.3 Å². The highest BCUT2D eigenvalue weighted by atomic mass is 16.5. The van der Waals surface area contributed by atoms with Crippen molar-refractivity contribution in [1.29, 1.82) is 0 Å². The van der Waals surface area contributed by atoms with Crippen LogP contribution in [0.25, 0.3) is 0 Å². The van der Waals surface area contributed by atoms with Gasteiger partial charge in [0, 0.05) is 39.3 Å². The van der Waals surface area contributed by atoms with E-state index in [4.69, 9.17) is 4.74 Å². The van der Waals surface area contributed by atoms with Gasteiger partial charge in [-0.2, -0.15) is 0 Å². The van der Waals surface area contributed by atoms with Gasteiger partial charge in [0.1, 0.15) is 0 Å². The predicted octanol–water partition coefficient (Wildman–Crippen LogP) is -0.808. The number of urea groups is 1. The Morgan fingerprint density at radius 2 is 1.90 bits per heavy atom. The summed E-state index contributed by atoms with van der Waals surface area (Å²) in [7, 11) is 0. The molecule has 1 atom stereocenters. The predicted molar refractivity (Wildman–Crippen MR) is 76.9 cm³/mol. The zero-order valence-corrected chi connectivity index (χ0v) is 12.4. The largest absolute Gasteiger partial charge is 0.379 e. The molecule has 1 unspecified atom stereocenters. The van der Waals surface area contributed by atoms with Crippen molar-refractivity contribution >= 4 is 11.9 Å². The molecule has 21 heavy (non-hydrogen) atoms. The van der Waals surface area contributed by atoms with E-state index in [0.717, 1.165) is 52.5 Å². The van der Waals surface area contributed by atoms with Crippen molar-refractivity contribution in [1.82, 2.24) is 20.0 Å². The summed E-state index contributed by atoms with van der Waals surface area (Å²) < 4.78 is 5.37. The molecule has 7 heteroatoms. The summed E-state index contributed by atoms with van der Waals surface area (Å²) in [6.07, 6.45) is 1.21. The highest BCUT2D eigenvalue weighted by Crippen LogP contribution is 2.18. The number of carbonyl (C=O) groups is 2. The Labute approximate surface area is 125 Å². The Morgan fingerprint density at radius 1 is 1.10 bits per heavy atom. The maximum Gasteiger partial charge on any atom is 0.324 e. The molecule has 0 radical (unpaired) electrons. The Kier molecular flexibility index (Phi) is 4.72. The Morgan fingerprint density at radius 3 is 2.62 bits per heavy atom. The molecule has 3 saturated heterocycles. The fraction of sp³-hybridized carbons (Fsp3) is 0.857. The summed E-state index contributed by atoms with van der Waals surface area (Å²) in [5.41, 5.74) is 0. The van der Waals surface area contributed by atoms with Gasteiger partial charge in [0.2, 0.25) is 5.91 Å². The number of amides is 3. The van der Waals surface area contributed by atoms with Crippen LogP contribution >= 0.6 is 0 Å². The zero-order chi connectivity index (χ0) is 14.7. The summed E-state index contributed by atoms with van der Waals surface area (Å²) in [4.78, 5) is 29.2. The first-order valence-corrected chi connectivity index (χ1v) is 7.83. The van der Waals surface area contributed by atoms with Crippen molar-refractivity contribution < 1.29 is 14.3 Å². The van der Waals surface area contributed by atoms with Crippen molar-refractivity contribution in [2.45, 2.75) is 6.42 Å². The van der Waals surface area contributed by atoms with E-state index in [2.05, 4.69) is 15.1 Å². The van der Waals surface area contributed by atoms with Gasteiger partial charge in [0.15, 0.2) is 0 Å². The second-order valence-electron chi connectivity index (χ2n) is 6.07. The molecule has 0 aromatic heterocycles. The molecule has 3 rings (SSSR count). The van der Waals surface area contributed by atoms with Crippen LogP contribution in [0.15, 0.2) is 0 Å². The third kappa shape index (κ3) is 3.72. The number of morpholine rings is 1. The van der Waals surface area contributed by atoms with Crippen LogP contribution in [-0.2, 0) is 9.53 Å². The summed E-state index contributed by atoms with van der Waals surface area (Å²) in [6, 6.07) is -0.246. The monoisotopic (exact) mass is 296 g/mol. The molecule has 0 spiro atoms. The summed E-state index contributed by atoms with van der Waals surface area (Å²) in [5.74, 6) is 0.593. The first kappa shape index (κ1) is 14.7. The van der Waals surface area contributed by atoms with Crippen LogP contribution in [0.2, 0.25) is 0 Å². The van der Waals surface area contributed by atoms with Crippen LogP contribution in [0.4, 0.5) is 4.79 Å². The number of hydrogen-bond donors (Lipinski definition) is 1. The minimum absolute atomic E-state index is 0.107. The van der Waals surface area contributed by atoms with E-state index < -0.39 is 0 Å². The first-order chi connectivity index (χ1) is 10.2. The van der Waals surface area contributed by atoms with Crippen molar-refractivity contribution in [2.24, 2.45) is 5.92 Å². The number of hydrogen-bond acceptors (Lipinski definition) is 5. The lowest BCUT2D eigenvalue weighted by Crippen LogP contribution is -2.40. The van der Waals surface area contributed by atoms with Crippen molar-refractivity contribution in [3.63, 3.8) is 0 Å². The second-order valence-corrected chi connectivity index (χ2v) is 6.07. The fourth-order valence-electron chi connectivity index (χ4n) is 3.34. The van der Waals surface area contributed by atoms with Crippen LogP contribution in [-0.4, -0.2) is 92.2 Å². The molecule has 3 amide bonds. The normalized spacial score (nSPS) is 28.4. The number of carbonyl (C=O) groups excluding carboxylic acids is 2. The van der Waals surface area contributed by atoms with Crippen LogP contribution in [0.5, 0.6) is 0 Å². The van der Waals surface area contributed by atoms with E-state index in [1.54, 1.807) is 0 Å². The average molecular weight is 296 g/mol.